The van der Waals surface area contributed by atoms with Crippen LogP contribution < -0.4 is 5.32 Å². The maximum Gasteiger partial charge on any atom is 0.342 e. The fourth-order valence-corrected chi connectivity index (χ4v) is 2.70. The van der Waals surface area contributed by atoms with E-state index in [0.717, 1.165) is 17.2 Å². The van der Waals surface area contributed by atoms with E-state index in [1.165, 1.54) is 12.1 Å². The SMILES string of the molecule is O=C(COC(=O)c1ccc(O)cc1O)Nc1ccccc1Cc1ccccc1. The Balaban J connectivity index is 1.61. The van der Waals surface area contributed by atoms with Crippen LogP contribution in [0.15, 0.2) is 72.8 Å². The van der Waals surface area contributed by atoms with Gasteiger partial charge >= 0.3 is 5.97 Å². The van der Waals surface area contributed by atoms with E-state index in [1.54, 1.807) is 6.07 Å². The summed E-state index contributed by atoms with van der Waals surface area (Å²) in [6.45, 7) is -0.501. The molecule has 3 aromatic rings. The second kappa shape index (κ2) is 8.73. The van der Waals surface area contributed by atoms with Crippen LogP contribution in [0.25, 0.3) is 0 Å². The predicted octanol–water partition coefficient (Wildman–Crippen LogP) is 3.48. The fraction of sp³-hybridized carbons (Fsp3) is 0.0909. The van der Waals surface area contributed by atoms with Crippen LogP contribution in [0.5, 0.6) is 11.5 Å². The third kappa shape index (κ3) is 4.88. The second-order valence-corrected chi connectivity index (χ2v) is 6.15. The van der Waals surface area contributed by atoms with Crippen LogP contribution in [0.1, 0.15) is 21.5 Å². The number of amides is 1. The van der Waals surface area contributed by atoms with Gasteiger partial charge in [0, 0.05) is 11.8 Å². The number of anilines is 1. The topological polar surface area (TPSA) is 95.9 Å². The first-order valence-corrected chi connectivity index (χ1v) is 8.63. The van der Waals surface area contributed by atoms with Gasteiger partial charge in [0.05, 0.1) is 0 Å². The minimum absolute atomic E-state index is 0.130. The lowest BCUT2D eigenvalue weighted by molar-refractivity contribution is -0.119. The van der Waals surface area contributed by atoms with Gasteiger partial charge in [-0.25, -0.2) is 4.79 Å². The number of aromatic hydroxyl groups is 2. The smallest absolute Gasteiger partial charge is 0.342 e. The van der Waals surface area contributed by atoms with Gasteiger partial charge in [-0.2, -0.15) is 0 Å². The van der Waals surface area contributed by atoms with Gasteiger partial charge < -0.3 is 20.3 Å². The summed E-state index contributed by atoms with van der Waals surface area (Å²) in [6.07, 6.45) is 0.651. The summed E-state index contributed by atoms with van der Waals surface area (Å²) < 4.78 is 4.95. The molecule has 3 rings (SSSR count). The molecule has 0 aliphatic carbocycles. The number of phenolic OH excluding ortho intramolecular Hbond substituents is 2. The molecule has 6 heteroatoms. The summed E-state index contributed by atoms with van der Waals surface area (Å²) in [4.78, 5) is 24.2. The van der Waals surface area contributed by atoms with Crippen LogP contribution in [0.2, 0.25) is 0 Å². The summed E-state index contributed by atoms with van der Waals surface area (Å²) in [5.41, 5.74) is 2.55. The first kappa shape index (κ1) is 19.0. The highest BCUT2D eigenvalue weighted by Crippen LogP contribution is 2.23. The van der Waals surface area contributed by atoms with Gasteiger partial charge in [-0.3, -0.25) is 4.79 Å². The number of esters is 1. The molecule has 0 radical (unpaired) electrons. The molecule has 0 bridgehead atoms. The lowest BCUT2D eigenvalue weighted by atomic mass is 10.0. The van der Waals surface area contributed by atoms with Crippen molar-refractivity contribution in [3.63, 3.8) is 0 Å². The molecule has 0 aliphatic heterocycles. The van der Waals surface area contributed by atoms with Gasteiger partial charge in [0.15, 0.2) is 6.61 Å². The van der Waals surface area contributed by atoms with Crippen molar-refractivity contribution in [2.75, 3.05) is 11.9 Å². The third-order valence-electron chi connectivity index (χ3n) is 4.06. The number of hydrogen-bond acceptors (Lipinski definition) is 5. The van der Waals surface area contributed by atoms with E-state index in [-0.39, 0.29) is 11.3 Å². The van der Waals surface area contributed by atoms with Crippen LogP contribution in [0, 0.1) is 0 Å². The third-order valence-corrected chi connectivity index (χ3v) is 4.06. The molecule has 3 aromatic carbocycles. The van der Waals surface area contributed by atoms with Gasteiger partial charge in [-0.1, -0.05) is 48.5 Å². The fourth-order valence-electron chi connectivity index (χ4n) is 2.70. The van der Waals surface area contributed by atoms with Crippen molar-refractivity contribution in [1.29, 1.82) is 0 Å². The molecule has 0 spiro atoms. The average molecular weight is 377 g/mol. The maximum absolute atomic E-state index is 12.2. The van der Waals surface area contributed by atoms with E-state index in [0.29, 0.717) is 12.1 Å². The zero-order chi connectivity index (χ0) is 19.9. The molecular weight excluding hydrogens is 358 g/mol. The highest BCUT2D eigenvalue weighted by molar-refractivity contribution is 5.97. The molecule has 0 aromatic heterocycles. The van der Waals surface area contributed by atoms with E-state index in [4.69, 9.17) is 4.74 Å². The van der Waals surface area contributed by atoms with E-state index in [2.05, 4.69) is 5.32 Å². The van der Waals surface area contributed by atoms with Crippen LogP contribution in [-0.2, 0) is 16.0 Å². The minimum Gasteiger partial charge on any atom is -0.508 e. The molecule has 0 unspecified atom stereocenters. The van der Waals surface area contributed by atoms with Gasteiger partial charge in [0.1, 0.15) is 17.1 Å². The zero-order valence-corrected chi connectivity index (χ0v) is 15.0. The Morgan fingerprint density at radius 1 is 0.893 bits per heavy atom. The van der Waals surface area contributed by atoms with Crippen molar-refractivity contribution >= 4 is 17.6 Å². The van der Waals surface area contributed by atoms with Crippen LogP contribution in [0.3, 0.4) is 0 Å². The van der Waals surface area contributed by atoms with Gasteiger partial charge in [-0.15, -0.1) is 0 Å². The van der Waals surface area contributed by atoms with Crippen molar-refractivity contribution in [2.45, 2.75) is 6.42 Å². The van der Waals surface area contributed by atoms with E-state index in [1.807, 2.05) is 48.5 Å². The number of benzene rings is 3. The molecule has 1 amide bonds. The summed E-state index contributed by atoms with van der Waals surface area (Å²) >= 11 is 0. The Labute approximate surface area is 162 Å². The zero-order valence-electron chi connectivity index (χ0n) is 15.0. The monoisotopic (exact) mass is 377 g/mol. The van der Waals surface area contributed by atoms with Gasteiger partial charge in [-0.05, 0) is 35.7 Å². The number of carbonyl (C=O) groups excluding carboxylic acids is 2. The number of carbonyl (C=O) groups is 2. The molecule has 0 saturated heterocycles. The van der Waals surface area contributed by atoms with Crippen molar-refractivity contribution in [1.82, 2.24) is 0 Å². The molecule has 0 aliphatic rings. The number of phenols is 2. The minimum atomic E-state index is -0.856. The van der Waals surface area contributed by atoms with Gasteiger partial charge in [0.25, 0.3) is 5.91 Å². The molecule has 142 valence electrons. The highest BCUT2D eigenvalue weighted by atomic mass is 16.5. The van der Waals surface area contributed by atoms with E-state index < -0.39 is 24.2 Å². The van der Waals surface area contributed by atoms with Crippen molar-refractivity contribution < 1.29 is 24.5 Å². The normalized spacial score (nSPS) is 10.3. The van der Waals surface area contributed by atoms with Crippen molar-refractivity contribution in [2.24, 2.45) is 0 Å². The Bertz CT molecular complexity index is 985. The second-order valence-electron chi connectivity index (χ2n) is 6.15. The van der Waals surface area contributed by atoms with E-state index in [9.17, 15) is 19.8 Å². The number of rotatable bonds is 6. The number of nitrogens with one attached hydrogen (secondary N) is 1. The number of hydrogen-bond donors (Lipinski definition) is 3. The summed E-state index contributed by atoms with van der Waals surface area (Å²) in [5, 5.41) is 21.7. The summed E-state index contributed by atoms with van der Waals surface area (Å²) in [5.74, 6) is -1.95. The first-order valence-electron chi connectivity index (χ1n) is 8.63. The molecule has 0 atom stereocenters. The largest absolute Gasteiger partial charge is 0.508 e. The Morgan fingerprint density at radius 2 is 1.61 bits per heavy atom. The van der Waals surface area contributed by atoms with Crippen LogP contribution in [0.4, 0.5) is 5.69 Å². The summed E-state index contributed by atoms with van der Waals surface area (Å²) in [7, 11) is 0. The number of ether oxygens (including phenoxy) is 1. The van der Waals surface area contributed by atoms with Crippen LogP contribution in [-0.4, -0.2) is 28.7 Å². The molecule has 6 nitrogen and oxygen atoms in total. The highest BCUT2D eigenvalue weighted by Gasteiger charge is 2.15. The van der Waals surface area contributed by atoms with Crippen molar-refractivity contribution in [3.8, 4) is 11.5 Å². The summed E-state index contributed by atoms with van der Waals surface area (Å²) in [6, 6.07) is 20.8. The maximum atomic E-state index is 12.2. The van der Waals surface area contributed by atoms with Crippen molar-refractivity contribution in [3.05, 3.63) is 89.5 Å². The quantitative estimate of drug-likeness (QED) is 0.572. The Kier molecular flexibility index (Phi) is 5.91. The molecule has 0 heterocycles. The van der Waals surface area contributed by atoms with E-state index >= 15 is 0 Å². The standard InChI is InChI=1S/C22H19NO5/c24-17-10-11-18(20(25)13-17)22(27)28-14-21(26)23-19-9-5-4-8-16(19)12-15-6-2-1-3-7-15/h1-11,13,24-25H,12,14H2,(H,23,26). The van der Waals surface area contributed by atoms with Gasteiger partial charge in [0.2, 0.25) is 0 Å². The first-order chi connectivity index (χ1) is 13.5. The lowest BCUT2D eigenvalue weighted by Crippen LogP contribution is -2.21. The Hall–Kier alpha value is -3.80. The lowest BCUT2D eigenvalue weighted by Gasteiger charge is -2.12. The average Bonchev–Trinajstić information content (AvgIpc) is 2.68. The van der Waals surface area contributed by atoms with Crippen LogP contribution >= 0.6 is 0 Å². The Morgan fingerprint density at radius 3 is 2.36 bits per heavy atom. The molecular formula is C22H19NO5. The molecule has 28 heavy (non-hydrogen) atoms. The number of para-hydroxylation sites is 1. The molecule has 0 fully saturated rings. The molecule has 0 saturated carbocycles. The predicted molar refractivity (Wildman–Crippen MR) is 104 cm³/mol. The molecule has 3 N–H and O–H groups in total.